The molecule has 28 heavy (non-hydrogen) atoms. The normalized spacial score (nSPS) is 14.6. The Hall–Kier alpha value is -2.92. The molecule has 2 heterocycles. The van der Waals surface area contributed by atoms with Gasteiger partial charge in [-0.3, -0.25) is 9.69 Å². The highest BCUT2D eigenvalue weighted by atomic mass is 16.2. The molecule has 0 radical (unpaired) electrons. The monoisotopic (exact) mass is 374 g/mol. The van der Waals surface area contributed by atoms with E-state index in [1.807, 2.05) is 36.3 Å². The van der Waals surface area contributed by atoms with E-state index in [1.165, 1.54) is 16.3 Å². The van der Waals surface area contributed by atoms with Crippen molar-refractivity contribution in [2.75, 3.05) is 44.7 Å². The molecule has 1 fully saturated rings. The number of carbonyl (C=O) groups is 1. The van der Waals surface area contributed by atoms with Crippen molar-refractivity contribution < 1.29 is 4.79 Å². The van der Waals surface area contributed by atoms with Crippen LogP contribution in [-0.4, -0.2) is 60.5 Å². The number of hydrogen-bond donors (Lipinski definition) is 0. The summed E-state index contributed by atoms with van der Waals surface area (Å²) in [4.78, 5) is 23.4. The molecule has 3 aromatic rings. The van der Waals surface area contributed by atoms with Crippen molar-refractivity contribution in [3.63, 3.8) is 0 Å². The van der Waals surface area contributed by atoms with Crippen LogP contribution in [0.5, 0.6) is 0 Å². The fourth-order valence-corrected chi connectivity index (χ4v) is 3.76. The molecule has 1 saturated heterocycles. The average Bonchev–Trinajstić information content (AvgIpc) is 2.74. The number of nitrogens with zero attached hydrogens (tertiary/aromatic N) is 4. The third-order valence-electron chi connectivity index (χ3n) is 5.28. The van der Waals surface area contributed by atoms with E-state index < -0.39 is 0 Å². The lowest BCUT2D eigenvalue weighted by atomic mass is 10.1. The number of aromatic nitrogens is 1. The van der Waals surface area contributed by atoms with Crippen LogP contribution in [0.2, 0.25) is 0 Å². The highest BCUT2D eigenvalue weighted by molar-refractivity contribution is 5.83. The molecule has 0 unspecified atom stereocenters. The number of benzene rings is 2. The van der Waals surface area contributed by atoms with Crippen molar-refractivity contribution in [2.24, 2.45) is 0 Å². The number of amides is 1. The molecule has 0 spiro atoms. The first-order valence-corrected chi connectivity index (χ1v) is 9.79. The van der Waals surface area contributed by atoms with Gasteiger partial charge in [-0.15, -0.1) is 0 Å². The van der Waals surface area contributed by atoms with E-state index in [2.05, 4.69) is 57.2 Å². The largest absolute Gasteiger partial charge is 0.353 e. The molecule has 0 N–H and O–H groups in total. The topological polar surface area (TPSA) is 39.7 Å². The van der Waals surface area contributed by atoms with Crippen molar-refractivity contribution >= 4 is 22.5 Å². The molecule has 5 heteroatoms. The maximum Gasteiger partial charge on any atom is 0.236 e. The summed E-state index contributed by atoms with van der Waals surface area (Å²) < 4.78 is 0. The third kappa shape index (κ3) is 4.31. The van der Waals surface area contributed by atoms with Gasteiger partial charge in [0.25, 0.3) is 0 Å². The predicted molar refractivity (Wildman–Crippen MR) is 113 cm³/mol. The Morgan fingerprint density at radius 3 is 2.46 bits per heavy atom. The maximum absolute atomic E-state index is 12.7. The number of fused-ring (bicyclic) bond motifs is 1. The Kier molecular flexibility index (Phi) is 5.53. The minimum atomic E-state index is 0.198. The zero-order valence-corrected chi connectivity index (χ0v) is 16.3. The summed E-state index contributed by atoms with van der Waals surface area (Å²) in [5.41, 5.74) is 1.23. The highest BCUT2D eigenvalue weighted by Crippen LogP contribution is 2.17. The number of piperazine rings is 1. The van der Waals surface area contributed by atoms with Crippen LogP contribution in [0.1, 0.15) is 5.56 Å². The number of likely N-dealkylation sites (N-methyl/N-ethyl adjacent to an activating group) is 1. The third-order valence-corrected chi connectivity index (χ3v) is 5.28. The second-order valence-corrected chi connectivity index (χ2v) is 7.41. The first kappa shape index (κ1) is 18.4. The Labute approximate surface area is 166 Å². The van der Waals surface area contributed by atoms with E-state index >= 15 is 0 Å². The number of anilines is 1. The summed E-state index contributed by atoms with van der Waals surface area (Å²) >= 11 is 0. The van der Waals surface area contributed by atoms with E-state index in [1.54, 1.807) is 0 Å². The predicted octanol–water partition coefficient (Wildman–Crippen LogP) is 3.02. The Bertz CT molecular complexity index is 935. The van der Waals surface area contributed by atoms with Crippen LogP contribution in [0.25, 0.3) is 10.8 Å². The van der Waals surface area contributed by atoms with Crippen molar-refractivity contribution in [1.82, 2.24) is 14.8 Å². The van der Waals surface area contributed by atoms with Gasteiger partial charge in [0.05, 0.1) is 6.54 Å². The van der Waals surface area contributed by atoms with Crippen molar-refractivity contribution in [3.05, 3.63) is 72.4 Å². The van der Waals surface area contributed by atoms with Gasteiger partial charge in [-0.2, -0.15) is 0 Å². The molecule has 4 rings (SSSR count). The second kappa shape index (κ2) is 8.40. The van der Waals surface area contributed by atoms with Crippen LogP contribution in [-0.2, 0) is 11.3 Å². The van der Waals surface area contributed by atoms with Crippen LogP contribution in [0.3, 0.4) is 0 Å². The zero-order chi connectivity index (χ0) is 19.3. The molecule has 144 valence electrons. The Morgan fingerprint density at radius 2 is 1.71 bits per heavy atom. The average molecular weight is 374 g/mol. The van der Waals surface area contributed by atoms with Gasteiger partial charge in [-0.05, 0) is 41.6 Å². The van der Waals surface area contributed by atoms with Gasteiger partial charge in [0.15, 0.2) is 0 Å². The molecular formula is C23H26N4O. The van der Waals surface area contributed by atoms with Crippen LogP contribution < -0.4 is 4.90 Å². The van der Waals surface area contributed by atoms with Crippen molar-refractivity contribution in [3.8, 4) is 0 Å². The van der Waals surface area contributed by atoms with Gasteiger partial charge in [0.1, 0.15) is 5.82 Å². The quantitative estimate of drug-likeness (QED) is 0.688. The lowest BCUT2D eigenvalue weighted by molar-refractivity contribution is -0.132. The minimum absolute atomic E-state index is 0.198. The van der Waals surface area contributed by atoms with Crippen LogP contribution in [0.4, 0.5) is 5.82 Å². The Balaban J connectivity index is 1.29. The number of hydrogen-bond acceptors (Lipinski definition) is 4. The van der Waals surface area contributed by atoms with Crippen LogP contribution in [0.15, 0.2) is 66.9 Å². The SMILES string of the molecule is CN(CC(=O)N1CCN(c2ccccn2)CC1)Cc1ccc2ccccc2c1. The summed E-state index contributed by atoms with van der Waals surface area (Å²) in [6, 6.07) is 20.8. The minimum Gasteiger partial charge on any atom is -0.353 e. The standard InChI is InChI=1S/C23H26N4O/c1-25(17-19-9-10-20-6-2-3-7-21(20)16-19)18-23(28)27-14-12-26(13-15-27)22-8-4-5-11-24-22/h2-11,16H,12-15,17-18H2,1H3. The van der Waals surface area contributed by atoms with Gasteiger partial charge in [0.2, 0.25) is 5.91 Å². The smallest absolute Gasteiger partial charge is 0.236 e. The molecule has 1 aliphatic rings. The molecule has 1 aromatic heterocycles. The summed E-state index contributed by atoms with van der Waals surface area (Å²) in [5, 5.41) is 2.49. The summed E-state index contributed by atoms with van der Waals surface area (Å²) in [7, 11) is 2.01. The molecule has 0 bridgehead atoms. The number of rotatable bonds is 5. The molecule has 0 saturated carbocycles. The summed E-state index contributed by atoms with van der Waals surface area (Å²) in [6.07, 6.45) is 1.81. The first-order valence-electron chi connectivity index (χ1n) is 9.79. The lowest BCUT2D eigenvalue weighted by Gasteiger charge is -2.36. The van der Waals surface area contributed by atoms with Crippen molar-refractivity contribution in [2.45, 2.75) is 6.54 Å². The molecular weight excluding hydrogens is 348 g/mol. The van der Waals surface area contributed by atoms with Gasteiger partial charge in [0, 0.05) is 38.9 Å². The summed E-state index contributed by atoms with van der Waals surface area (Å²) in [5.74, 6) is 1.19. The lowest BCUT2D eigenvalue weighted by Crippen LogP contribution is -2.51. The van der Waals surface area contributed by atoms with E-state index in [-0.39, 0.29) is 5.91 Å². The summed E-state index contributed by atoms with van der Waals surface area (Å²) in [6.45, 7) is 4.37. The van der Waals surface area contributed by atoms with E-state index in [9.17, 15) is 4.79 Å². The van der Waals surface area contributed by atoms with E-state index in [0.717, 1.165) is 38.5 Å². The number of carbonyl (C=O) groups excluding carboxylic acids is 1. The molecule has 0 aliphatic carbocycles. The van der Waals surface area contributed by atoms with E-state index in [4.69, 9.17) is 0 Å². The number of pyridine rings is 1. The van der Waals surface area contributed by atoms with Crippen LogP contribution >= 0.6 is 0 Å². The first-order chi connectivity index (χ1) is 13.7. The molecule has 5 nitrogen and oxygen atoms in total. The molecule has 2 aromatic carbocycles. The Morgan fingerprint density at radius 1 is 0.964 bits per heavy atom. The highest BCUT2D eigenvalue weighted by Gasteiger charge is 2.22. The second-order valence-electron chi connectivity index (χ2n) is 7.41. The zero-order valence-electron chi connectivity index (χ0n) is 16.3. The van der Waals surface area contributed by atoms with Gasteiger partial charge >= 0.3 is 0 Å². The van der Waals surface area contributed by atoms with Gasteiger partial charge in [-0.25, -0.2) is 4.98 Å². The van der Waals surface area contributed by atoms with Crippen molar-refractivity contribution in [1.29, 1.82) is 0 Å². The molecule has 0 atom stereocenters. The fraction of sp³-hybridized carbons (Fsp3) is 0.304. The molecule has 1 aliphatic heterocycles. The van der Waals surface area contributed by atoms with Gasteiger partial charge < -0.3 is 9.80 Å². The van der Waals surface area contributed by atoms with Gasteiger partial charge in [-0.1, -0.05) is 42.5 Å². The van der Waals surface area contributed by atoms with E-state index in [0.29, 0.717) is 6.54 Å². The van der Waals surface area contributed by atoms with Crippen LogP contribution in [0, 0.1) is 0 Å². The fourth-order valence-electron chi connectivity index (χ4n) is 3.76. The maximum atomic E-state index is 12.7. The molecule has 1 amide bonds.